The average molecular weight is 423 g/mol. The molecule has 0 aliphatic carbocycles. The summed E-state index contributed by atoms with van der Waals surface area (Å²) in [4.78, 5) is 23.2. The fourth-order valence-corrected chi connectivity index (χ4v) is 4.55. The average Bonchev–Trinajstić information content (AvgIpc) is 3.07. The molecule has 1 saturated heterocycles. The van der Waals surface area contributed by atoms with Gasteiger partial charge in [0.2, 0.25) is 0 Å². The first-order chi connectivity index (χ1) is 14.9. The molecule has 2 aliphatic heterocycles. The van der Waals surface area contributed by atoms with Crippen molar-refractivity contribution in [2.24, 2.45) is 0 Å². The molecule has 1 unspecified atom stereocenters. The van der Waals surface area contributed by atoms with Gasteiger partial charge < -0.3 is 14.9 Å². The van der Waals surface area contributed by atoms with Crippen LogP contribution in [0.3, 0.4) is 0 Å². The molecule has 1 atom stereocenters. The van der Waals surface area contributed by atoms with Gasteiger partial charge in [-0.1, -0.05) is 43.7 Å². The maximum absolute atomic E-state index is 12.8. The van der Waals surface area contributed by atoms with Crippen LogP contribution in [0, 0.1) is 6.92 Å². The van der Waals surface area contributed by atoms with E-state index in [1.165, 1.54) is 16.7 Å². The van der Waals surface area contributed by atoms with Crippen LogP contribution >= 0.6 is 0 Å². The Bertz CT molecular complexity index is 912. The fourth-order valence-electron chi connectivity index (χ4n) is 4.55. The minimum Gasteiger partial charge on any atom is -0.390 e. The van der Waals surface area contributed by atoms with Crippen molar-refractivity contribution < 1.29 is 9.90 Å². The van der Waals surface area contributed by atoms with Crippen LogP contribution in [-0.2, 0) is 19.5 Å². The minimum atomic E-state index is -0.540. The van der Waals surface area contributed by atoms with Crippen LogP contribution in [0.5, 0.6) is 0 Å². The lowest BCUT2D eigenvalue weighted by atomic mass is 9.97. The number of carbonyl (C=O) groups excluding carboxylic acids is 1. The van der Waals surface area contributed by atoms with E-state index in [-0.39, 0.29) is 6.03 Å². The predicted molar refractivity (Wildman–Crippen MR) is 122 cm³/mol. The maximum Gasteiger partial charge on any atom is 0.320 e. The standard InChI is InChI=1S/C25H34N4O2/c1-18(2)24-7-5-20(13-26-24)14-28-10-11-29(25(28)31)17-23(30)16-27-9-8-21-6-4-19(3)12-22(21)15-27/h4-7,12-13,18,23,30H,8-11,14-17H2,1-3H3. The molecule has 0 spiro atoms. The number of benzene rings is 1. The second-order valence-electron chi connectivity index (χ2n) is 9.31. The summed E-state index contributed by atoms with van der Waals surface area (Å²) in [6.45, 7) is 11.1. The number of hydrogen-bond donors (Lipinski definition) is 1. The Kier molecular flexibility index (Phi) is 6.58. The van der Waals surface area contributed by atoms with E-state index >= 15 is 0 Å². The van der Waals surface area contributed by atoms with Crippen LogP contribution in [0.25, 0.3) is 0 Å². The molecule has 166 valence electrons. The largest absolute Gasteiger partial charge is 0.390 e. The Morgan fingerprint density at radius 2 is 1.84 bits per heavy atom. The van der Waals surface area contributed by atoms with E-state index in [0.717, 1.165) is 30.8 Å². The van der Waals surface area contributed by atoms with Crippen molar-refractivity contribution in [2.45, 2.75) is 52.3 Å². The third-order valence-corrected chi connectivity index (χ3v) is 6.35. The number of aliphatic hydroxyl groups excluding tert-OH is 1. The van der Waals surface area contributed by atoms with Gasteiger partial charge in [0.05, 0.1) is 6.10 Å². The Labute approximate surface area is 185 Å². The van der Waals surface area contributed by atoms with Crippen molar-refractivity contribution in [1.82, 2.24) is 19.7 Å². The molecule has 0 bridgehead atoms. The van der Waals surface area contributed by atoms with Crippen molar-refractivity contribution in [1.29, 1.82) is 0 Å². The SMILES string of the molecule is Cc1ccc2c(c1)CN(CC(O)CN1CCN(Cc3ccc(C(C)C)nc3)C1=O)CC2. The summed E-state index contributed by atoms with van der Waals surface area (Å²) in [5.74, 6) is 0.400. The van der Waals surface area contributed by atoms with Gasteiger partial charge in [0.15, 0.2) is 0 Å². The van der Waals surface area contributed by atoms with Crippen LogP contribution in [0.4, 0.5) is 4.79 Å². The van der Waals surface area contributed by atoms with E-state index in [4.69, 9.17) is 0 Å². The second kappa shape index (κ2) is 9.37. The van der Waals surface area contributed by atoms with Crippen molar-refractivity contribution >= 4 is 6.03 Å². The van der Waals surface area contributed by atoms with E-state index in [1.807, 2.05) is 17.2 Å². The third kappa shape index (κ3) is 5.25. The van der Waals surface area contributed by atoms with Crippen LogP contribution in [-0.4, -0.2) is 69.6 Å². The molecule has 2 amide bonds. The highest BCUT2D eigenvalue weighted by Crippen LogP contribution is 2.21. The molecule has 4 rings (SSSR count). The molecule has 1 aromatic carbocycles. The highest BCUT2D eigenvalue weighted by molar-refractivity contribution is 5.76. The molecule has 2 aliphatic rings. The number of aliphatic hydroxyl groups is 1. The normalized spacial score (nSPS) is 18.0. The Morgan fingerprint density at radius 3 is 2.58 bits per heavy atom. The van der Waals surface area contributed by atoms with E-state index in [2.05, 4.69) is 54.9 Å². The summed E-state index contributed by atoms with van der Waals surface area (Å²) in [7, 11) is 0. The van der Waals surface area contributed by atoms with Gasteiger partial charge in [-0.25, -0.2) is 4.79 Å². The summed E-state index contributed by atoms with van der Waals surface area (Å²) >= 11 is 0. The van der Waals surface area contributed by atoms with Crippen molar-refractivity contribution in [3.63, 3.8) is 0 Å². The van der Waals surface area contributed by atoms with Crippen molar-refractivity contribution in [3.05, 3.63) is 64.5 Å². The smallest absolute Gasteiger partial charge is 0.320 e. The van der Waals surface area contributed by atoms with Gasteiger partial charge >= 0.3 is 6.03 Å². The molecule has 1 fully saturated rings. The van der Waals surface area contributed by atoms with Gasteiger partial charge in [0.1, 0.15) is 0 Å². The number of hydrogen-bond acceptors (Lipinski definition) is 4. The summed E-state index contributed by atoms with van der Waals surface area (Å²) in [6, 6.07) is 10.7. The molecule has 3 heterocycles. The zero-order valence-corrected chi connectivity index (χ0v) is 18.9. The second-order valence-corrected chi connectivity index (χ2v) is 9.31. The van der Waals surface area contributed by atoms with E-state index < -0.39 is 6.10 Å². The number of aryl methyl sites for hydroxylation is 1. The first-order valence-electron chi connectivity index (χ1n) is 11.4. The number of urea groups is 1. The van der Waals surface area contributed by atoms with Crippen molar-refractivity contribution in [3.8, 4) is 0 Å². The monoisotopic (exact) mass is 422 g/mol. The molecular formula is C25H34N4O2. The molecule has 2 aromatic rings. The van der Waals surface area contributed by atoms with Crippen LogP contribution in [0.2, 0.25) is 0 Å². The van der Waals surface area contributed by atoms with E-state index in [0.29, 0.717) is 38.6 Å². The maximum atomic E-state index is 12.8. The summed E-state index contributed by atoms with van der Waals surface area (Å²) in [5.41, 5.74) is 6.16. The molecular weight excluding hydrogens is 388 g/mol. The van der Waals surface area contributed by atoms with Crippen LogP contribution in [0.1, 0.15) is 47.7 Å². The van der Waals surface area contributed by atoms with Gasteiger partial charge in [-0.2, -0.15) is 0 Å². The first-order valence-corrected chi connectivity index (χ1v) is 11.4. The van der Waals surface area contributed by atoms with Crippen LogP contribution < -0.4 is 0 Å². The number of fused-ring (bicyclic) bond motifs is 1. The highest BCUT2D eigenvalue weighted by Gasteiger charge is 2.30. The number of rotatable bonds is 7. The number of β-amino-alcohol motifs (C(OH)–C–C–N with tert-alkyl or cyclic N) is 1. The highest BCUT2D eigenvalue weighted by atomic mass is 16.3. The number of nitrogens with zero attached hydrogens (tertiary/aromatic N) is 4. The van der Waals surface area contributed by atoms with Crippen LogP contribution in [0.15, 0.2) is 36.5 Å². The topological polar surface area (TPSA) is 59.9 Å². The molecule has 6 heteroatoms. The van der Waals surface area contributed by atoms with Gasteiger partial charge in [0, 0.05) is 57.7 Å². The molecule has 6 nitrogen and oxygen atoms in total. The molecule has 0 radical (unpaired) electrons. The summed E-state index contributed by atoms with van der Waals surface area (Å²) in [6.07, 6.45) is 2.35. The Balaban J connectivity index is 1.27. The zero-order valence-electron chi connectivity index (χ0n) is 18.9. The number of pyridine rings is 1. The molecule has 31 heavy (non-hydrogen) atoms. The summed E-state index contributed by atoms with van der Waals surface area (Å²) in [5, 5.41) is 10.7. The van der Waals surface area contributed by atoms with Crippen molar-refractivity contribution in [2.75, 3.05) is 32.7 Å². The lowest BCUT2D eigenvalue weighted by Crippen LogP contribution is -2.43. The molecule has 1 aromatic heterocycles. The van der Waals surface area contributed by atoms with Gasteiger partial charge in [-0.15, -0.1) is 0 Å². The number of carbonyl (C=O) groups is 1. The zero-order chi connectivity index (χ0) is 22.0. The molecule has 0 saturated carbocycles. The Hall–Kier alpha value is -2.44. The van der Waals surface area contributed by atoms with Gasteiger partial charge in [-0.05, 0) is 42.0 Å². The quantitative estimate of drug-likeness (QED) is 0.745. The third-order valence-electron chi connectivity index (χ3n) is 6.35. The number of aromatic nitrogens is 1. The predicted octanol–water partition coefficient (Wildman–Crippen LogP) is 3.17. The lowest BCUT2D eigenvalue weighted by molar-refractivity contribution is 0.0812. The number of amides is 2. The van der Waals surface area contributed by atoms with E-state index in [9.17, 15) is 9.90 Å². The Morgan fingerprint density at radius 1 is 1.03 bits per heavy atom. The minimum absolute atomic E-state index is 0.00611. The molecule has 1 N–H and O–H groups in total. The first kappa shape index (κ1) is 21.8. The van der Waals surface area contributed by atoms with Gasteiger partial charge in [0.25, 0.3) is 0 Å². The fraction of sp³-hybridized carbons (Fsp3) is 0.520. The van der Waals surface area contributed by atoms with E-state index in [1.54, 1.807) is 4.90 Å². The van der Waals surface area contributed by atoms with Gasteiger partial charge in [-0.3, -0.25) is 9.88 Å². The lowest BCUT2D eigenvalue weighted by Gasteiger charge is -2.31. The summed E-state index contributed by atoms with van der Waals surface area (Å²) < 4.78 is 0.